The largest absolute Gasteiger partial charge is 0.477 e. The van der Waals surface area contributed by atoms with Gasteiger partial charge in [-0.05, 0) is 25.5 Å². The molecular weight excluding hydrogens is 306 g/mol. The molecule has 7 heteroatoms. The predicted octanol–water partition coefficient (Wildman–Crippen LogP) is 1.94. The van der Waals surface area contributed by atoms with E-state index in [4.69, 9.17) is 4.74 Å². The fourth-order valence-electron chi connectivity index (χ4n) is 2.97. The van der Waals surface area contributed by atoms with E-state index in [9.17, 15) is 4.79 Å². The fourth-order valence-corrected chi connectivity index (χ4v) is 2.97. The fraction of sp³-hybridized carbons (Fsp3) is 0.529. The number of hydrogen-bond donors (Lipinski definition) is 1. The lowest BCUT2D eigenvalue weighted by atomic mass is 10.1. The molecule has 1 N–H and O–H groups in total. The van der Waals surface area contributed by atoms with Gasteiger partial charge in [0.2, 0.25) is 5.88 Å². The SMILES string of the molecule is CCOc1ncccc1C(=O)N[C@@H]1CCc2nnc(C(C)C)n2C1. The smallest absolute Gasteiger partial charge is 0.257 e. The van der Waals surface area contributed by atoms with Crippen molar-refractivity contribution < 1.29 is 9.53 Å². The average molecular weight is 329 g/mol. The van der Waals surface area contributed by atoms with Gasteiger partial charge in [-0.2, -0.15) is 0 Å². The number of rotatable bonds is 5. The molecule has 0 bridgehead atoms. The Balaban J connectivity index is 1.73. The van der Waals surface area contributed by atoms with Crippen molar-refractivity contribution in [3.8, 4) is 5.88 Å². The minimum atomic E-state index is -0.154. The summed E-state index contributed by atoms with van der Waals surface area (Å²) in [6.45, 7) is 7.25. The molecule has 3 rings (SSSR count). The first-order chi connectivity index (χ1) is 11.6. The summed E-state index contributed by atoms with van der Waals surface area (Å²) in [5.74, 6) is 2.50. The van der Waals surface area contributed by atoms with Gasteiger partial charge in [-0.25, -0.2) is 4.98 Å². The van der Waals surface area contributed by atoms with Crippen molar-refractivity contribution in [3.05, 3.63) is 35.5 Å². The molecule has 0 fully saturated rings. The number of aromatic nitrogens is 4. The van der Waals surface area contributed by atoms with Crippen molar-refractivity contribution in [1.82, 2.24) is 25.1 Å². The highest BCUT2D eigenvalue weighted by Gasteiger charge is 2.26. The van der Waals surface area contributed by atoms with E-state index in [1.807, 2.05) is 6.92 Å². The van der Waals surface area contributed by atoms with E-state index in [1.54, 1.807) is 18.3 Å². The van der Waals surface area contributed by atoms with Crippen LogP contribution < -0.4 is 10.1 Å². The summed E-state index contributed by atoms with van der Waals surface area (Å²) in [7, 11) is 0. The number of aryl methyl sites for hydroxylation is 1. The van der Waals surface area contributed by atoms with E-state index < -0.39 is 0 Å². The number of carbonyl (C=O) groups is 1. The Kier molecular flexibility index (Phi) is 4.78. The molecule has 0 aliphatic carbocycles. The quantitative estimate of drug-likeness (QED) is 0.906. The molecule has 2 aromatic rings. The molecule has 128 valence electrons. The lowest BCUT2D eigenvalue weighted by Crippen LogP contribution is -2.41. The number of hydrogen-bond acceptors (Lipinski definition) is 5. The Hall–Kier alpha value is -2.44. The topological polar surface area (TPSA) is 81.9 Å². The first kappa shape index (κ1) is 16.4. The summed E-state index contributed by atoms with van der Waals surface area (Å²) in [6, 6.07) is 3.53. The third-order valence-electron chi connectivity index (χ3n) is 4.12. The van der Waals surface area contributed by atoms with Crippen molar-refractivity contribution in [2.75, 3.05) is 6.61 Å². The third-order valence-corrected chi connectivity index (χ3v) is 4.12. The molecule has 0 aromatic carbocycles. The van der Waals surface area contributed by atoms with Crippen LogP contribution in [0.2, 0.25) is 0 Å². The molecule has 0 spiro atoms. The van der Waals surface area contributed by atoms with Crippen molar-refractivity contribution >= 4 is 5.91 Å². The number of nitrogens with zero attached hydrogens (tertiary/aromatic N) is 4. The molecule has 0 radical (unpaired) electrons. The zero-order valence-electron chi connectivity index (χ0n) is 14.3. The van der Waals surface area contributed by atoms with Gasteiger partial charge in [0, 0.05) is 31.1 Å². The van der Waals surface area contributed by atoms with Gasteiger partial charge in [0.15, 0.2) is 0 Å². The summed E-state index contributed by atoms with van der Waals surface area (Å²) >= 11 is 0. The Bertz CT molecular complexity index is 726. The molecule has 3 heterocycles. The number of amides is 1. The molecule has 24 heavy (non-hydrogen) atoms. The van der Waals surface area contributed by atoms with Gasteiger partial charge in [-0.3, -0.25) is 4.79 Å². The zero-order chi connectivity index (χ0) is 17.1. The molecule has 1 aliphatic heterocycles. The number of carbonyl (C=O) groups excluding carboxylic acids is 1. The van der Waals surface area contributed by atoms with Crippen LogP contribution in [0.3, 0.4) is 0 Å². The second-order valence-electron chi connectivity index (χ2n) is 6.24. The molecule has 0 saturated heterocycles. The number of pyridine rings is 1. The van der Waals surface area contributed by atoms with Gasteiger partial charge in [0.25, 0.3) is 5.91 Å². The van der Waals surface area contributed by atoms with Gasteiger partial charge in [0.05, 0.1) is 6.61 Å². The monoisotopic (exact) mass is 329 g/mol. The van der Waals surface area contributed by atoms with E-state index in [2.05, 4.69) is 38.9 Å². The van der Waals surface area contributed by atoms with Crippen molar-refractivity contribution in [2.24, 2.45) is 0 Å². The van der Waals surface area contributed by atoms with Crippen molar-refractivity contribution in [3.63, 3.8) is 0 Å². The number of nitrogens with one attached hydrogen (secondary N) is 1. The van der Waals surface area contributed by atoms with Crippen LogP contribution in [0.1, 0.15) is 55.1 Å². The van der Waals surface area contributed by atoms with Gasteiger partial charge in [-0.15, -0.1) is 10.2 Å². The van der Waals surface area contributed by atoms with Crippen molar-refractivity contribution in [2.45, 2.75) is 52.1 Å². The van der Waals surface area contributed by atoms with E-state index in [0.29, 0.717) is 30.5 Å². The first-order valence-electron chi connectivity index (χ1n) is 8.40. The van der Waals surface area contributed by atoms with Gasteiger partial charge < -0.3 is 14.6 Å². The summed E-state index contributed by atoms with van der Waals surface area (Å²) in [5, 5.41) is 11.6. The molecule has 0 saturated carbocycles. The highest BCUT2D eigenvalue weighted by molar-refractivity contribution is 5.96. The maximum Gasteiger partial charge on any atom is 0.257 e. The maximum atomic E-state index is 12.6. The Morgan fingerprint density at radius 1 is 1.46 bits per heavy atom. The van der Waals surface area contributed by atoms with Crippen LogP contribution in [0, 0.1) is 0 Å². The lowest BCUT2D eigenvalue weighted by molar-refractivity contribution is 0.0922. The molecule has 1 atom stereocenters. The van der Waals surface area contributed by atoms with Crippen LogP contribution >= 0.6 is 0 Å². The minimum absolute atomic E-state index is 0.0492. The highest BCUT2D eigenvalue weighted by Crippen LogP contribution is 2.21. The molecule has 0 unspecified atom stereocenters. The lowest BCUT2D eigenvalue weighted by Gasteiger charge is -2.26. The Morgan fingerprint density at radius 2 is 2.29 bits per heavy atom. The van der Waals surface area contributed by atoms with Crippen LogP contribution in [0.25, 0.3) is 0 Å². The second-order valence-corrected chi connectivity index (χ2v) is 6.24. The van der Waals surface area contributed by atoms with Crippen molar-refractivity contribution in [1.29, 1.82) is 0 Å². The standard InChI is InChI=1S/C17H23N5O2/c1-4-24-17-13(6-5-9-18-17)16(23)19-12-7-8-14-20-21-15(11(2)3)22(14)10-12/h5-6,9,11-12H,4,7-8,10H2,1-3H3,(H,19,23)/t12-/m1/s1. The average Bonchev–Trinajstić information content (AvgIpc) is 2.99. The van der Waals surface area contributed by atoms with Crippen LogP contribution in [0.15, 0.2) is 18.3 Å². The highest BCUT2D eigenvalue weighted by atomic mass is 16.5. The Morgan fingerprint density at radius 3 is 3.04 bits per heavy atom. The summed E-state index contributed by atoms with van der Waals surface area (Å²) in [5.41, 5.74) is 0.470. The molecule has 1 amide bonds. The van der Waals surface area contributed by atoms with E-state index in [0.717, 1.165) is 24.5 Å². The maximum absolute atomic E-state index is 12.6. The van der Waals surface area contributed by atoms with Crippen LogP contribution in [0.5, 0.6) is 5.88 Å². The summed E-state index contributed by atoms with van der Waals surface area (Å²) in [6.07, 6.45) is 3.29. The predicted molar refractivity (Wildman–Crippen MR) is 89.1 cm³/mol. The molecule has 2 aromatic heterocycles. The molecule has 7 nitrogen and oxygen atoms in total. The van der Waals surface area contributed by atoms with Crippen LogP contribution in [-0.2, 0) is 13.0 Å². The van der Waals surface area contributed by atoms with Gasteiger partial charge >= 0.3 is 0 Å². The van der Waals surface area contributed by atoms with Crippen LogP contribution in [-0.4, -0.2) is 38.3 Å². The minimum Gasteiger partial charge on any atom is -0.477 e. The summed E-state index contributed by atoms with van der Waals surface area (Å²) < 4.78 is 7.58. The van der Waals surface area contributed by atoms with Crippen LogP contribution in [0.4, 0.5) is 0 Å². The second kappa shape index (κ2) is 6.98. The normalized spacial score (nSPS) is 16.8. The first-order valence-corrected chi connectivity index (χ1v) is 8.40. The van der Waals surface area contributed by atoms with Gasteiger partial charge in [0.1, 0.15) is 17.2 Å². The summed E-state index contributed by atoms with van der Waals surface area (Å²) in [4.78, 5) is 16.7. The number of ether oxygens (including phenoxy) is 1. The Labute approximate surface area is 141 Å². The van der Waals surface area contributed by atoms with E-state index >= 15 is 0 Å². The van der Waals surface area contributed by atoms with E-state index in [1.165, 1.54) is 0 Å². The zero-order valence-corrected chi connectivity index (χ0v) is 14.3. The molecule has 1 aliphatic rings. The third kappa shape index (κ3) is 3.25. The number of fused-ring (bicyclic) bond motifs is 1. The molecular formula is C17H23N5O2. The van der Waals surface area contributed by atoms with Gasteiger partial charge in [-0.1, -0.05) is 13.8 Å². The van der Waals surface area contributed by atoms with E-state index in [-0.39, 0.29) is 11.9 Å².